The third-order valence-electron chi connectivity index (χ3n) is 3.33. The van der Waals surface area contributed by atoms with Crippen molar-refractivity contribution in [3.63, 3.8) is 0 Å². The standard InChI is InChI=1S/C13H18N4O3/c1-20-12(18)2-3-16-4-6-17(7-5-16)13(19)11-8-14-10-15-9-11/h8-10H,2-7H2,1H3. The minimum Gasteiger partial charge on any atom is -0.469 e. The highest BCUT2D eigenvalue weighted by molar-refractivity contribution is 5.93. The fourth-order valence-electron chi connectivity index (χ4n) is 2.12. The summed E-state index contributed by atoms with van der Waals surface area (Å²) in [5.74, 6) is -0.247. The highest BCUT2D eigenvalue weighted by Gasteiger charge is 2.22. The van der Waals surface area contributed by atoms with Crippen molar-refractivity contribution < 1.29 is 14.3 Å². The molecule has 1 aliphatic rings. The lowest BCUT2D eigenvalue weighted by atomic mass is 10.2. The maximum absolute atomic E-state index is 12.2. The molecule has 1 fully saturated rings. The molecule has 0 bridgehead atoms. The Bertz CT molecular complexity index is 458. The zero-order chi connectivity index (χ0) is 14.4. The van der Waals surface area contributed by atoms with Crippen molar-refractivity contribution in [1.29, 1.82) is 0 Å². The van der Waals surface area contributed by atoms with E-state index in [9.17, 15) is 9.59 Å². The molecule has 1 aromatic heterocycles. The van der Waals surface area contributed by atoms with Crippen LogP contribution in [0.5, 0.6) is 0 Å². The van der Waals surface area contributed by atoms with Crippen LogP contribution in [0.2, 0.25) is 0 Å². The van der Waals surface area contributed by atoms with Crippen LogP contribution in [0.25, 0.3) is 0 Å². The third kappa shape index (κ3) is 3.74. The molecule has 108 valence electrons. The second kappa shape index (κ2) is 6.95. The average Bonchev–Trinajstić information content (AvgIpc) is 2.53. The number of aromatic nitrogens is 2. The fourth-order valence-corrected chi connectivity index (χ4v) is 2.12. The van der Waals surface area contributed by atoms with Gasteiger partial charge in [0, 0.05) is 45.1 Å². The monoisotopic (exact) mass is 278 g/mol. The van der Waals surface area contributed by atoms with Gasteiger partial charge in [-0.3, -0.25) is 14.5 Å². The van der Waals surface area contributed by atoms with Crippen LogP contribution < -0.4 is 0 Å². The minimum atomic E-state index is -0.204. The fraction of sp³-hybridized carbons (Fsp3) is 0.538. The average molecular weight is 278 g/mol. The largest absolute Gasteiger partial charge is 0.469 e. The van der Waals surface area contributed by atoms with E-state index in [1.54, 1.807) is 4.90 Å². The van der Waals surface area contributed by atoms with Crippen LogP contribution in [0.1, 0.15) is 16.8 Å². The summed E-state index contributed by atoms with van der Waals surface area (Å²) < 4.78 is 4.61. The molecule has 7 nitrogen and oxygen atoms in total. The quantitative estimate of drug-likeness (QED) is 0.710. The third-order valence-corrected chi connectivity index (χ3v) is 3.33. The van der Waals surface area contributed by atoms with E-state index in [2.05, 4.69) is 19.6 Å². The van der Waals surface area contributed by atoms with Crippen LogP contribution in [0.15, 0.2) is 18.7 Å². The van der Waals surface area contributed by atoms with E-state index in [0.717, 1.165) is 13.1 Å². The first-order valence-electron chi connectivity index (χ1n) is 6.54. The summed E-state index contributed by atoms with van der Waals surface area (Å²) in [4.78, 5) is 34.9. The van der Waals surface area contributed by atoms with E-state index < -0.39 is 0 Å². The van der Waals surface area contributed by atoms with Crippen LogP contribution in [0.4, 0.5) is 0 Å². The van der Waals surface area contributed by atoms with E-state index in [4.69, 9.17) is 0 Å². The van der Waals surface area contributed by atoms with Crippen molar-refractivity contribution in [2.24, 2.45) is 0 Å². The Morgan fingerprint density at radius 1 is 1.20 bits per heavy atom. The summed E-state index contributed by atoms with van der Waals surface area (Å²) in [6, 6.07) is 0. The first-order chi connectivity index (χ1) is 9.70. The van der Waals surface area contributed by atoms with E-state index in [1.165, 1.54) is 25.8 Å². The Morgan fingerprint density at radius 2 is 1.85 bits per heavy atom. The normalized spacial score (nSPS) is 15.9. The van der Waals surface area contributed by atoms with Gasteiger partial charge >= 0.3 is 5.97 Å². The zero-order valence-corrected chi connectivity index (χ0v) is 11.5. The number of rotatable bonds is 4. The molecule has 2 rings (SSSR count). The summed E-state index contributed by atoms with van der Waals surface area (Å²) in [7, 11) is 1.39. The number of carbonyl (C=O) groups excluding carboxylic acids is 2. The molecule has 2 heterocycles. The number of esters is 1. The Morgan fingerprint density at radius 3 is 2.45 bits per heavy atom. The van der Waals surface area contributed by atoms with Crippen molar-refractivity contribution in [2.75, 3.05) is 39.8 Å². The number of nitrogens with zero attached hydrogens (tertiary/aromatic N) is 4. The molecule has 1 saturated heterocycles. The van der Waals surface area contributed by atoms with Gasteiger partial charge in [-0.15, -0.1) is 0 Å². The number of piperazine rings is 1. The lowest BCUT2D eigenvalue weighted by Gasteiger charge is -2.34. The molecule has 1 amide bonds. The SMILES string of the molecule is COC(=O)CCN1CCN(C(=O)c2cncnc2)CC1. The van der Waals surface area contributed by atoms with Crippen molar-refractivity contribution in [2.45, 2.75) is 6.42 Å². The molecule has 0 N–H and O–H groups in total. The number of methoxy groups -OCH3 is 1. The first-order valence-corrected chi connectivity index (χ1v) is 6.54. The summed E-state index contributed by atoms with van der Waals surface area (Å²) in [6.45, 7) is 3.49. The van der Waals surface area contributed by atoms with Gasteiger partial charge in [0.05, 0.1) is 19.1 Å². The van der Waals surface area contributed by atoms with Gasteiger partial charge < -0.3 is 9.64 Å². The molecule has 0 aliphatic carbocycles. The van der Waals surface area contributed by atoms with Gasteiger partial charge in [0.15, 0.2) is 0 Å². The minimum absolute atomic E-state index is 0.0433. The number of ether oxygens (including phenoxy) is 1. The number of hydrogen-bond donors (Lipinski definition) is 0. The van der Waals surface area contributed by atoms with Gasteiger partial charge in [0.25, 0.3) is 5.91 Å². The molecule has 0 aromatic carbocycles. The van der Waals surface area contributed by atoms with Gasteiger partial charge in [-0.1, -0.05) is 0 Å². The van der Waals surface area contributed by atoms with Crippen LogP contribution in [-0.2, 0) is 9.53 Å². The second-order valence-corrected chi connectivity index (χ2v) is 4.59. The molecule has 0 atom stereocenters. The van der Waals surface area contributed by atoms with E-state index in [-0.39, 0.29) is 11.9 Å². The molecule has 0 saturated carbocycles. The maximum atomic E-state index is 12.2. The van der Waals surface area contributed by atoms with Crippen molar-refractivity contribution in [3.05, 3.63) is 24.3 Å². The van der Waals surface area contributed by atoms with E-state index in [0.29, 0.717) is 31.6 Å². The van der Waals surface area contributed by atoms with Crippen molar-refractivity contribution >= 4 is 11.9 Å². The lowest BCUT2D eigenvalue weighted by Crippen LogP contribution is -2.49. The molecule has 1 aliphatic heterocycles. The molecule has 7 heteroatoms. The highest BCUT2D eigenvalue weighted by atomic mass is 16.5. The summed E-state index contributed by atoms with van der Waals surface area (Å²) >= 11 is 0. The zero-order valence-electron chi connectivity index (χ0n) is 11.5. The summed E-state index contributed by atoms with van der Waals surface area (Å²) in [6.07, 6.45) is 4.84. The molecule has 1 aromatic rings. The van der Waals surface area contributed by atoms with Gasteiger partial charge in [-0.2, -0.15) is 0 Å². The molecule has 0 spiro atoms. The Labute approximate surface area is 117 Å². The van der Waals surface area contributed by atoms with E-state index >= 15 is 0 Å². The number of carbonyl (C=O) groups is 2. The Hall–Kier alpha value is -2.02. The smallest absolute Gasteiger partial charge is 0.306 e. The highest BCUT2D eigenvalue weighted by Crippen LogP contribution is 2.07. The van der Waals surface area contributed by atoms with Gasteiger partial charge in [0.1, 0.15) is 6.33 Å². The molecule has 0 unspecified atom stereocenters. The maximum Gasteiger partial charge on any atom is 0.306 e. The van der Waals surface area contributed by atoms with Gasteiger partial charge in [0.2, 0.25) is 0 Å². The van der Waals surface area contributed by atoms with Crippen LogP contribution in [0.3, 0.4) is 0 Å². The first kappa shape index (κ1) is 14.4. The molecule has 20 heavy (non-hydrogen) atoms. The molecular weight excluding hydrogens is 260 g/mol. The predicted octanol–water partition coefficient (Wildman–Crippen LogP) is -0.202. The number of amides is 1. The van der Waals surface area contributed by atoms with Crippen molar-refractivity contribution in [1.82, 2.24) is 19.8 Å². The summed E-state index contributed by atoms with van der Waals surface area (Å²) in [5.41, 5.74) is 0.510. The second-order valence-electron chi connectivity index (χ2n) is 4.59. The van der Waals surface area contributed by atoms with Crippen LogP contribution >= 0.6 is 0 Å². The molecular formula is C13H18N4O3. The van der Waals surface area contributed by atoms with Gasteiger partial charge in [-0.05, 0) is 0 Å². The van der Waals surface area contributed by atoms with Crippen LogP contribution in [-0.4, -0.2) is 71.5 Å². The van der Waals surface area contributed by atoms with Crippen molar-refractivity contribution in [3.8, 4) is 0 Å². The lowest BCUT2D eigenvalue weighted by molar-refractivity contribution is -0.141. The topological polar surface area (TPSA) is 75.6 Å². The predicted molar refractivity (Wildman–Crippen MR) is 71.0 cm³/mol. The Balaban J connectivity index is 1.79. The molecule has 0 radical (unpaired) electrons. The van der Waals surface area contributed by atoms with Gasteiger partial charge in [-0.25, -0.2) is 9.97 Å². The Kier molecular flexibility index (Phi) is 5.00. The summed E-state index contributed by atoms with van der Waals surface area (Å²) in [5, 5.41) is 0. The van der Waals surface area contributed by atoms with Crippen LogP contribution in [0, 0.1) is 0 Å². The van der Waals surface area contributed by atoms with E-state index in [1.807, 2.05) is 0 Å². The number of hydrogen-bond acceptors (Lipinski definition) is 6.